The first-order valence-corrected chi connectivity index (χ1v) is 4.37. The summed E-state index contributed by atoms with van der Waals surface area (Å²) in [4.78, 5) is 2.25. The quantitative estimate of drug-likeness (QED) is 0.487. The van der Waals surface area contributed by atoms with Crippen LogP contribution in [0.1, 0.15) is 42.9 Å². The number of hydrogen-bond donors (Lipinski definition) is 0. The Morgan fingerprint density at radius 1 is 1.18 bits per heavy atom. The molecule has 0 aromatic heterocycles. The predicted octanol–water partition coefficient (Wildman–Crippen LogP) is 2.52. The first-order chi connectivity index (χ1) is 5.09. The van der Waals surface area contributed by atoms with Crippen LogP contribution in [-0.4, -0.2) is 23.0 Å². The fourth-order valence-corrected chi connectivity index (χ4v) is 1.40. The van der Waals surface area contributed by atoms with Crippen LogP contribution in [0.2, 0.25) is 0 Å². The van der Waals surface area contributed by atoms with E-state index >= 15 is 0 Å². The monoisotopic (exact) mass is 156 g/mol. The van der Waals surface area contributed by atoms with Gasteiger partial charge in [-0.25, -0.2) is 0 Å². The minimum Gasteiger partial charge on any atom is -0.292 e. The van der Waals surface area contributed by atoms with Gasteiger partial charge in [0, 0.05) is 19.5 Å². The van der Waals surface area contributed by atoms with Crippen LogP contribution < -0.4 is 0 Å². The number of rotatable bonds is 0. The van der Waals surface area contributed by atoms with E-state index in [-0.39, 0.29) is 17.0 Å². The third-order valence-corrected chi connectivity index (χ3v) is 2.21. The summed E-state index contributed by atoms with van der Waals surface area (Å²) in [5.41, 5.74) is 0.218. The highest BCUT2D eigenvalue weighted by molar-refractivity contribution is 5.03. The van der Waals surface area contributed by atoms with Gasteiger partial charge in [-0.15, -0.1) is 0 Å². The summed E-state index contributed by atoms with van der Waals surface area (Å²) in [5, 5.41) is 0. The Bertz CT molecular complexity index is 187. The highest BCUT2D eigenvalue weighted by Gasteiger charge is 2.47. The van der Waals surface area contributed by atoms with Crippen molar-refractivity contribution in [3.8, 4) is 0 Å². The van der Waals surface area contributed by atoms with Gasteiger partial charge >= 0.3 is 0 Å². The molecule has 1 rings (SSSR count). The van der Waals surface area contributed by atoms with E-state index in [1.807, 2.05) is 0 Å². The maximum absolute atomic E-state index is 8.23. The lowest BCUT2D eigenvalue weighted by Gasteiger charge is -2.26. The molecular weight excluding hydrogens is 134 g/mol. The van der Waals surface area contributed by atoms with E-state index in [9.17, 15) is 0 Å². The SMILES string of the molecule is [2H]C1(C(C)(C)C)CN1C(C)(C)C. The van der Waals surface area contributed by atoms with Crippen LogP contribution in [0.15, 0.2) is 0 Å². The van der Waals surface area contributed by atoms with Crippen molar-refractivity contribution < 1.29 is 1.37 Å². The van der Waals surface area contributed by atoms with Crippen molar-refractivity contribution in [2.75, 3.05) is 6.54 Å². The average molecular weight is 156 g/mol. The molecule has 0 spiro atoms. The molecular formula is C10H21N. The van der Waals surface area contributed by atoms with Gasteiger partial charge in [-0.2, -0.15) is 0 Å². The van der Waals surface area contributed by atoms with Crippen molar-refractivity contribution in [3.05, 3.63) is 0 Å². The zero-order valence-electron chi connectivity index (χ0n) is 9.65. The van der Waals surface area contributed by atoms with E-state index in [1.165, 1.54) is 0 Å². The van der Waals surface area contributed by atoms with Crippen LogP contribution in [0.3, 0.4) is 0 Å². The fraction of sp³-hybridized carbons (Fsp3) is 1.00. The molecule has 1 aliphatic rings. The van der Waals surface area contributed by atoms with E-state index in [0.29, 0.717) is 0 Å². The first-order valence-electron chi connectivity index (χ1n) is 4.87. The second-order valence-electron chi connectivity index (χ2n) is 5.45. The van der Waals surface area contributed by atoms with Gasteiger partial charge in [0.25, 0.3) is 0 Å². The maximum Gasteiger partial charge on any atom is 0.0486 e. The van der Waals surface area contributed by atoms with E-state index in [0.717, 1.165) is 6.54 Å². The molecule has 0 bridgehead atoms. The van der Waals surface area contributed by atoms with Crippen LogP contribution >= 0.6 is 0 Å². The molecule has 11 heavy (non-hydrogen) atoms. The fourth-order valence-electron chi connectivity index (χ4n) is 1.40. The molecule has 1 heteroatoms. The molecule has 66 valence electrons. The van der Waals surface area contributed by atoms with Gasteiger partial charge in [0.1, 0.15) is 0 Å². The smallest absolute Gasteiger partial charge is 0.0486 e. The van der Waals surface area contributed by atoms with Crippen LogP contribution in [0.5, 0.6) is 0 Å². The predicted molar refractivity (Wildman–Crippen MR) is 49.7 cm³/mol. The minimum absolute atomic E-state index is 0.0697. The van der Waals surface area contributed by atoms with Gasteiger partial charge in [0.05, 0.1) is 0 Å². The molecule has 1 saturated heterocycles. The third-order valence-electron chi connectivity index (χ3n) is 2.21. The molecule has 0 radical (unpaired) electrons. The summed E-state index contributed by atoms with van der Waals surface area (Å²) in [5.74, 6) is 0. The zero-order chi connectivity index (χ0) is 9.78. The van der Waals surface area contributed by atoms with Crippen LogP contribution in [0, 0.1) is 5.41 Å². The Morgan fingerprint density at radius 3 is 1.73 bits per heavy atom. The first kappa shape index (κ1) is 7.60. The summed E-state index contributed by atoms with van der Waals surface area (Å²) in [6.07, 6.45) is 0. The molecule has 1 aliphatic heterocycles. The van der Waals surface area contributed by atoms with Gasteiger partial charge < -0.3 is 0 Å². The average Bonchev–Trinajstić information content (AvgIpc) is 2.38. The van der Waals surface area contributed by atoms with Crippen molar-refractivity contribution in [2.45, 2.75) is 53.1 Å². The van der Waals surface area contributed by atoms with Crippen LogP contribution in [0.25, 0.3) is 0 Å². The van der Waals surface area contributed by atoms with Crippen LogP contribution in [0.4, 0.5) is 0 Å². The molecule has 0 aromatic carbocycles. The van der Waals surface area contributed by atoms with E-state index < -0.39 is 0 Å². The molecule has 0 aromatic rings. The summed E-state index contributed by atoms with van der Waals surface area (Å²) in [6.45, 7) is 13.9. The van der Waals surface area contributed by atoms with Gasteiger partial charge in [0.2, 0.25) is 0 Å². The van der Waals surface area contributed by atoms with E-state index in [1.54, 1.807) is 0 Å². The molecule has 1 nitrogen and oxygen atoms in total. The highest BCUT2D eigenvalue weighted by Crippen LogP contribution is 2.39. The van der Waals surface area contributed by atoms with Crippen molar-refractivity contribution in [3.63, 3.8) is 0 Å². The molecule has 1 heterocycles. The third kappa shape index (κ3) is 1.96. The Balaban J connectivity index is 2.73. The summed E-state index contributed by atoms with van der Waals surface area (Å²) < 4.78 is 8.23. The summed E-state index contributed by atoms with van der Waals surface area (Å²) >= 11 is 0. The zero-order valence-corrected chi connectivity index (χ0v) is 8.65. The topological polar surface area (TPSA) is 3.01 Å². The van der Waals surface area contributed by atoms with E-state index in [2.05, 4.69) is 46.4 Å². The molecule has 0 aliphatic carbocycles. The van der Waals surface area contributed by atoms with E-state index in [4.69, 9.17) is 1.37 Å². The Labute approximate surface area is 72.2 Å². The van der Waals surface area contributed by atoms with Gasteiger partial charge in [0.15, 0.2) is 0 Å². The maximum atomic E-state index is 8.23. The number of nitrogens with zero attached hydrogens (tertiary/aromatic N) is 1. The standard InChI is InChI=1S/C10H21N/c1-9(2,3)8-7-11(8)10(4,5)6/h8H,7H2,1-6H3/i8D. The van der Waals surface area contributed by atoms with Gasteiger partial charge in [-0.1, -0.05) is 20.8 Å². The van der Waals surface area contributed by atoms with Gasteiger partial charge in [-0.3, -0.25) is 4.90 Å². The lowest BCUT2D eigenvalue weighted by molar-refractivity contribution is 0.229. The lowest BCUT2D eigenvalue weighted by atomic mass is 9.91. The highest BCUT2D eigenvalue weighted by atomic mass is 15.4. The largest absolute Gasteiger partial charge is 0.292 e. The second kappa shape index (κ2) is 2.22. The summed E-state index contributed by atoms with van der Waals surface area (Å²) in [6, 6.07) is -0.328. The minimum atomic E-state index is -0.328. The van der Waals surface area contributed by atoms with Crippen LogP contribution in [-0.2, 0) is 0 Å². The molecule has 2 atom stereocenters. The molecule has 0 amide bonds. The van der Waals surface area contributed by atoms with Crippen molar-refractivity contribution in [1.82, 2.24) is 4.90 Å². The Morgan fingerprint density at radius 2 is 1.64 bits per heavy atom. The van der Waals surface area contributed by atoms with Crippen molar-refractivity contribution in [1.29, 1.82) is 0 Å². The number of hydrogen-bond acceptors (Lipinski definition) is 1. The Hall–Kier alpha value is -0.0400. The molecule has 0 saturated carbocycles. The molecule has 1 fully saturated rings. The lowest BCUT2D eigenvalue weighted by Crippen LogP contribution is -2.31. The molecule has 2 unspecified atom stereocenters. The molecule has 0 N–H and O–H groups in total. The second-order valence-corrected chi connectivity index (χ2v) is 5.45. The van der Waals surface area contributed by atoms with Crippen molar-refractivity contribution in [2.24, 2.45) is 5.41 Å². The normalized spacial score (nSPS) is 40.2. The van der Waals surface area contributed by atoms with Crippen molar-refractivity contribution >= 4 is 0 Å². The summed E-state index contributed by atoms with van der Waals surface area (Å²) in [7, 11) is 0. The van der Waals surface area contributed by atoms with Gasteiger partial charge in [-0.05, 0) is 26.2 Å². The Kier molecular flexibility index (Phi) is 1.54.